The van der Waals surface area contributed by atoms with Crippen LogP contribution in [0.15, 0.2) is 42.5 Å². The van der Waals surface area contributed by atoms with Crippen molar-refractivity contribution in [1.82, 2.24) is 5.32 Å². The van der Waals surface area contributed by atoms with Crippen molar-refractivity contribution >= 4 is 23.5 Å². The van der Waals surface area contributed by atoms with Crippen LogP contribution in [0.4, 0.5) is 5.69 Å². The number of anilines is 1. The van der Waals surface area contributed by atoms with Gasteiger partial charge in [0.05, 0.1) is 25.3 Å². The number of carbonyl (C=O) groups excluding carboxylic acids is 3. The number of carbonyl (C=O) groups is 3. The Morgan fingerprint density at radius 3 is 2.32 bits per heavy atom. The van der Waals surface area contributed by atoms with E-state index < -0.39 is 23.8 Å². The van der Waals surface area contributed by atoms with E-state index >= 15 is 0 Å². The molecule has 1 atom stereocenters. The second-order valence-corrected chi connectivity index (χ2v) is 6.19. The number of benzene rings is 2. The fourth-order valence-corrected chi connectivity index (χ4v) is 2.63. The van der Waals surface area contributed by atoms with E-state index in [1.165, 1.54) is 31.4 Å². The zero-order valence-corrected chi connectivity index (χ0v) is 16.4. The fourth-order valence-electron chi connectivity index (χ4n) is 2.63. The van der Waals surface area contributed by atoms with Gasteiger partial charge in [0.15, 0.2) is 0 Å². The standard InChI is InChI=1S/C21H24N2O5/c1-5-28-18-11-6-13(2)12-17(18)14(3)22-19(24)20(25)23-16-9-7-15(8-10-16)21(26)27-4/h6-12,14H,5H2,1-4H3,(H,22,24)(H,23,25). The van der Waals surface area contributed by atoms with Crippen molar-refractivity contribution in [3.05, 3.63) is 59.2 Å². The molecular weight excluding hydrogens is 360 g/mol. The molecule has 2 amide bonds. The topological polar surface area (TPSA) is 93.7 Å². The zero-order chi connectivity index (χ0) is 20.7. The van der Waals surface area contributed by atoms with Gasteiger partial charge in [0, 0.05) is 11.3 Å². The van der Waals surface area contributed by atoms with Crippen molar-refractivity contribution in [3.8, 4) is 5.75 Å². The summed E-state index contributed by atoms with van der Waals surface area (Å²) in [6.07, 6.45) is 0. The molecule has 2 aromatic rings. The minimum absolute atomic E-state index is 0.349. The van der Waals surface area contributed by atoms with Crippen LogP contribution < -0.4 is 15.4 Å². The molecule has 0 aliphatic carbocycles. The van der Waals surface area contributed by atoms with E-state index in [0.717, 1.165) is 11.1 Å². The van der Waals surface area contributed by atoms with Crippen LogP contribution in [-0.2, 0) is 14.3 Å². The molecule has 0 saturated heterocycles. The number of nitrogens with one attached hydrogen (secondary N) is 2. The lowest BCUT2D eigenvalue weighted by Crippen LogP contribution is -2.37. The molecule has 2 N–H and O–H groups in total. The number of hydrogen-bond donors (Lipinski definition) is 2. The summed E-state index contributed by atoms with van der Waals surface area (Å²) in [4.78, 5) is 35.9. The third-order valence-corrected chi connectivity index (χ3v) is 4.05. The van der Waals surface area contributed by atoms with Crippen LogP contribution in [0.1, 0.15) is 41.4 Å². The number of amides is 2. The second kappa shape index (κ2) is 9.55. The average molecular weight is 384 g/mol. The Kier molecular flexibility index (Phi) is 7.14. The second-order valence-electron chi connectivity index (χ2n) is 6.19. The number of aryl methyl sites for hydroxylation is 1. The highest BCUT2D eigenvalue weighted by Crippen LogP contribution is 2.26. The average Bonchev–Trinajstić information content (AvgIpc) is 2.69. The minimum Gasteiger partial charge on any atom is -0.494 e. The molecule has 0 spiro atoms. The Balaban J connectivity index is 2.03. The van der Waals surface area contributed by atoms with Crippen LogP contribution in [0.25, 0.3) is 0 Å². The van der Waals surface area contributed by atoms with Crippen molar-refractivity contribution in [3.63, 3.8) is 0 Å². The Morgan fingerprint density at radius 2 is 1.71 bits per heavy atom. The quantitative estimate of drug-likeness (QED) is 0.590. The molecular formula is C21H24N2O5. The summed E-state index contributed by atoms with van der Waals surface area (Å²) < 4.78 is 10.2. The van der Waals surface area contributed by atoms with E-state index in [4.69, 9.17) is 4.74 Å². The SMILES string of the molecule is CCOc1ccc(C)cc1C(C)NC(=O)C(=O)Nc1ccc(C(=O)OC)cc1. The van der Waals surface area contributed by atoms with Gasteiger partial charge in [0.1, 0.15) is 5.75 Å². The molecule has 0 fully saturated rings. The van der Waals surface area contributed by atoms with Gasteiger partial charge in [-0.15, -0.1) is 0 Å². The van der Waals surface area contributed by atoms with E-state index in [9.17, 15) is 14.4 Å². The lowest BCUT2D eigenvalue weighted by atomic mass is 10.0. The Bertz CT molecular complexity index is 862. The highest BCUT2D eigenvalue weighted by molar-refractivity contribution is 6.39. The number of hydrogen-bond acceptors (Lipinski definition) is 5. The van der Waals surface area contributed by atoms with Gasteiger partial charge in [0.2, 0.25) is 0 Å². The molecule has 0 radical (unpaired) electrons. The molecule has 0 aliphatic heterocycles. The van der Waals surface area contributed by atoms with Gasteiger partial charge in [0.25, 0.3) is 0 Å². The van der Waals surface area contributed by atoms with Gasteiger partial charge in [-0.1, -0.05) is 17.7 Å². The summed E-state index contributed by atoms with van der Waals surface area (Å²) in [6.45, 7) is 6.11. The summed E-state index contributed by atoms with van der Waals surface area (Å²) in [7, 11) is 1.29. The Hall–Kier alpha value is -3.35. The first-order chi connectivity index (χ1) is 13.3. The number of methoxy groups -OCH3 is 1. The van der Waals surface area contributed by atoms with E-state index in [0.29, 0.717) is 23.6 Å². The van der Waals surface area contributed by atoms with Crippen LogP contribution in [0.5, 0.6) is 5.75 Å². The van der Waals surface area contributed by atoms with Crippen molar-refractivity contribution in [2.45, 2.75) is 26.8 Å². The number of esters is 1. The van der Waals surface area contributed by atoms with Gasteiger partial charge in [-0.05, 0) is 51.1 Å². The molecule has 2 aromatic carbocycles. The van der Waals surface area contributed by atoms with E-state index in [1.807, 2.05) is 32.0 Å². The lowest BCUT2D eigenvalue weighted by molar-refractivity contribution is -0.136. The van der Waals surface area contributed by atoms with Crippen LogP contribution in [0.2, 0.25) is 0 Å². The molecule has 0 bridgehead atoms. The van der Waals surface area contributed by atoms with Gasteiger partial charge in [-0.25, -0.2) is 4.79 Å². The van der Waals surface area contributed by atoms with Gasteiger partial charge >= 0.3 is 17.8 Å². The van der Waals surface area contributed by atoms with Gasteiger partial charge < -0.3 is 20.1 Å². The van der Waals surface area contributed by atoms with E-state index in [2.05, 4.69) is 15.4 Å². The van der Waals surface area contributed by atoms with Crippen LogP contribution in [-0.4, -0.2) is 31.5 Å². The zero-order valence-electron chi connectivity index (χ0n) is 16.4. The van der Waals surface area contributed by atoms with Gasteiger partial charge in [-0.2, -0.15) is 0 Å². The third kappa shape index (κ3) is 5.33. The number of ether oxygens (including phenoxy) is 2. The summed E-state index contributed by atoms with van der Waals surface area (Å²) in [6, 6.07) is 11.3. The summed E-state index contributed by atoms with van der Waals surface area (Å²) >= 11 is 0. The molecule has 0 aromatic heterocycles. The summed E-state index contributed by atoms with van der Waals surface area (Å²) in [5, 5.41) is 5.18. The van der Waals surface area contributed by atoms with Crippen molar-refractivity contribution in [1.29, 1.82) is 0 Å². The smallest absolute Gasteiger partial charge is 0.337 e. The fraction of sp³-hybridized carbons (Fsp3) is 0.286. The van der Waals surface area contributed by atoms with Crippen molar-refractivity contribution in [2.75, 3.05) is 19.0 Å². The van der Waals surface area contributed by atoms with E-state index in [-0.39, 0.29) is 0 Å². The van der Waals surface area contributed by atoms with Crippen molar-refractivity contribution < 1.29 is 23.9 Å². The molecule has 148 valence electrons. The maximum atomic E-state index is 12.3. The largest absolute Gasteiger partial charge is 0.494 e. The molecule has 0 saturated carbocycles. The first-order valence-corrected chi connectivity index (χ1v) is 8.89. The Morgan fingerprint density at radius 1 is 1.04 bits per heavy atom. The molecule has 7 heteroatoms. The van der Waals surface area contributed by atoms with Crippen molar-refractivity contribution in [2.24, 2.45) is 0 Å². The minimum atomic E-state index is -0.803. The number of rotatable bonds is 6. The van der Waals surface area contributed by atoms with Crippen LogP contribution in [0.3, 0.4) is 0 Å². The first-order valence-electron chi connectivity index (χ1n) is 8.89. The van der Waals surface area contributed by atoms with Crippen LogP contribution >= 0.6 is 0 Å². The highest BCUT2D eigenvalue weighted by atomic mass is 16.5. The molecule has 2 rings (SSSR count). The summed E-state index contributed by atoms with van der Waals surface area (Å²) in [5.41, 5.74) is 2.56. The molecule has 1 unspecified atom stereocenters. The summed E-state index contributed by atoms with van der Waals surface area (Å²) in [5.74, 6) is -1.39. The maximum absolute atomic E-state index is 12.3. The Labute approximate surface area is 164 Å². The molecule has 0 heterocycles. The monoisotopic (exact) mass is 384 g/mol. The maximum Gasteiger partial charge on any atom is 0.337 e. The predicted molar refractivity (Wildman–Crippen MR) is 105 cm³/mol. The highest BCUT2D eigenvalue weighted by Gasteiger charge is 2.20. The molecule has 28 heavy (non-hydrogen) atoms. The van der Waals surface area contributed by atoms with Crippen LogP contribution in [0, 0.1) is 6.92 Å². The predicted octanol–water partition coefficient (Wildman–Crippen LogP) is 3.00. The lowest BCUT2D eigenvalue weighted by Gasteiger charge is -2.18. The van der Waals surface area contributed by atoms with E-state index in [1.54, 1.807) is 6.92 Å². The van der Waals surface area contributed by atoms with Gasteiger partial charge in [-0.3, -0.25) is 9.59 Å². The first kappa shape index (κ1) is 21.0. The third-order valence-electron chi connectivity index (χ3n) is 4.05. The molecule has 7 nitrogen and oxygen atoms in total. The molecule has 0 aliphatic rings. The normalized spacial score (nSPS) is 11.3.